The number of ether oxygens (including phenoxy) is 2. The van der Waals surface area contributed by atoms with Gasteiger partial charge in [-0.25, -0.2) is 0 Å². The lowest BCUT2D eigenvalue weighted by Gasteiger charge is -2.18. The van der Waals surface area contributed by atoms with Crippen molar-refractivity contribution in [2.75, 3.05) is 20.3 Å². The van der Waals surface area contributed by atoms with Gasteiger partial charge in [-0.05, 0) is 12.8 Å². The first-order chi connectivity index (χ1) is 6.27. The zero-order valence-electron chi connectivity index (χ0n) is 8.21. The van der Waals surface area contributed by atoms with E-state index >= 15 is 0 Å². The van der Waals surface area contributed by atoms with Gasteiger partial charge in [0, 0.05) is 12.6 Å². The van der Waals surface area contributed by atoms with Gasteiger partial charge < -0.3 is 9.47 Å². The predicted molar refractivity (Wildman–Crippen MR) is 48.5 cm³/mol. The minimum atomic E-state index is -0.186. The number of methoxy groups -OCH3 is 1. The summed E-state index contributed by atoms with van der Waals surface area (Å²) in [5.41, 5.74) is 0. The summed E-state index contributed by atoms with van der Waals surface area (Å²) >= 11 is 0. The molecule has 0 saturated carbocycles. The Morgan fingerprint density at radius 3 is 3.00 bits per heavy atom. The van der Waals surface area contributed by atoms with Gasteiger partial charge in [-0.1, -0.05) is 6.92 Å². The average Bonchev–Trinajstić information content (AvgIpc) is 2.65. The molecule has 1 aliphatic rings. The van der Waals surface area contributed by atoms with E-state index in [-0.39, 0.29) is 12.0 Å². The fraction of sp³-hybridized carbons (Fsp3) is 0.889. The van der Waals surface area contributed by atoms with E-state index in [2.05, 4.69) is 10.1 Å². The zero-order valence-corrected chi connectivity index (χ0v) is 8.21. The Morgan fingerprint density at radius 1 is 1.77 bits per heavy atom. The molecule has 1 N–H and O–H groups in total. The molecule has 1 fully saturated rings. The Balaban J connectivity index is 2.33. The number of nitrogens with one attached hydrogen (secondary N) is 1. The summed E-state index contributed by atoms with van der Waals surface area (Å²) in [6.07, 6.45) is 1.73. The highest BCUT2D eigenvalue weighted by Crippen LogP contribution is 2.06. The molecule has 76 valence electrons. The molecule has 1 heterocycles. The van der Waals surface area contributed by atoms with E-state index < -0.39 is 0 Å². The normalized spacial score (nSPS) is 24.3. The highest BCUT2D eigenvalue weighted by molar-refractivity contribution is 5.75. The number of rotatable bonds is 4. The minimum absolute atomic E-state index is 0.184. The summed E-state index contributed by atoms with van der Waals surface area (Å²) in [4.78, 5) is 11.2. The number of hydrogen-bond donors (Lipinski definition) is 1. The van der Waals surface area contributed by atoms with Gasteiger partial charge in [0.1, 0.15) is 6.04 Å². The van der Waals surface area contributed by atoms with Crippen LogP contribution in [0.5, 0.6) is 0 Å². The summed E-state index contributed by atoms with van der Waals surface area (Å²) in [6, 6.07) is 0.126. The van der Waals surface area contributed by atoms with Gasteiger partial charge in [0.05, 0.1) is 13.7 Å². The SMILES string of the molecule is CC[C@@H](NC1CCOC1)C(=O)OC. The maximum Gasteiger partial charge on any atom is 0.322 e. The topological polar surface area (TPSA) is 47.6 Å². The van der Waals surface area contributed by atoms with E-state index in [1.807, 2.05) is 6.92 Å². The average molecular weight is 187 g/mol. The van der Waals surface area contributed by atoms with Crippen molar-refractivity contribution in [1.29, 1.82) is 0 Å². The molecule has 0 aromatic carbocycles. The van der Waals surface area contributed by atoms with E-state index in [1.165, 1.54) is 7.11 Å². The molecule has 2 atom stereocenters. The second-order valence-corrected chi connectivity index (χ2v) is 3.21. The van der Waals surface area contributed by atoms with Crippen molar-refractivity contribution >= 4 is 5.97 Å². The standard InChI is InChI=1S/C9H17NO3/c1-3-8(9(11)12-2)10-7-4-5-13-6-7/h7-8,10H,3-6H2,1-2H3/t7?,8-/m1/s1. The lowest BCUT2D eigenvalue weighted by atomic mass is 10.1. The number of carbonyl (C=O) groups is 1. The molecule has 0 amide bonds. The zero-order chi connectivity index (χ0) is 9.68. The van der Waals surface area contributed by atoms with Crippen LogP contribution in [0.4, 0.5) is 0 Å². The Hall–Kier alpha value is -0.610. The van der Waals surface area contributed by atoms with Gasteiger partial charge in [0.15, 0.2) is 0 Å². The molecule has 0 aromatic heterocycles. The van der Waals surface area contributed by atoms with E-state index in [4.69, 9.17) is 4.74 Å². The quantitative estimate of drug-likeness (QED) is 0.644. The summed E-state index contributed by atoms with van der Waals surface area (Å²) in [5, 5.41) is 3.22. The fourth-order valence-corrected chi connectivity index (χ4v) is 1.45. The Morgan fingerprint density at radius 2 is 2.54 bits per heavy atom. The first-order valence-electron chi connectivity index (χ1n) is 4.69. The Labute approximate surface area is 78.6 Å². The highest BCUT2D eigenvalue weighted by atomic mass is 16.5. The molecule has 13 heavy (non-hydrogen) atoms. The van der Waals surface area contributed by atoms with Crippen LogP contribution in [0.2, 0.25) is 0 Å². The summed E-state index contributed by atoms with van der Waals surface area (Å²) < 4.78 is 9.87. The molecule has 1 aliphatic heterocycles. The van der Waals surface area contributed by atoms with Crippen LogP contribution in [-0.4, -0.2) is 38.4 Å². The fourth-order valence-electron chi connectivity index (χ4n) is 1.45. The van der Waals surface area contributed by atoms with Gasteiger partial charge in [-0.2, -0.15) is 0 Å². The van der Waals surface area contributed by atoms with Crippen LogP contribution < -0.4 is 5.32 Å². The van der Waals surface area contributed by atoms with Crippen molar-refractivity contribution in [3.8, 4) is 0 Å². The van der Waals surface area contributed by atoms with E-state index in [0.29, 0.717) is 12.6 Å². The van der Waals surface area contributed by atoms with Crippen LogP contribution in [0.25, 0.3) is 0 Å². The van der Waals surface area contributed by atoms with Crippen molar-refractivity contribution in [2.45, 2.75) is 31.8 Å². The monoisotopic (exact) mass is 187 g/mol. The number of esters is 1. The van der Waals surface area contributed by atoms with E-state index in [9.17, 15) is 4.79 Å². The summed E-state index contributed by atoms with van der Waals surface area (Å²) in [6.45, 7) is 3.45. The van der Waals surface area contributed by atoms with Gasteiger partial charge >= 0.3 is 5.97 Å². The minimum Gasteiger partial charge on any atom is -0.468 e. The Kier molecular flexibility index (Phi) is 4.18. The molecule has 0 spiro atoms. The maximum absolute atomic E-state index is 11.2. The molecular formula is C9H17NO3. The van der Waals surface area contributed by atoms with Crippen LogP contribution in [0.15, 0.2) is 0 Å². The first kappa shape index (κ1) is 10.5. The molecule has 0 aliphatic carbocycles. The second-order valence-electron chi connectivity index (χ2n) is 3.21. The van der Waals surface area contributed by atoms with Crippen molar-refractivity contribution in [3.63, 3.8) is 0 Å². The summed E-state index contributed by atoms with van der Waals surface area (Å²) in [5.74, 6) is -0.186. The predicted octanol–water partition coefficient (Wildman–Crippen LogP) is 0.316. The third-order valence-corrected chi connectivity index (χ3v) is 2.26. The molecule has 0 aromatic rings. The second kappa shape index (κ2) is 5.19. The highest BCUT2D eigenvalue weighted by Gasteiger charge is 2.23. The van der Waals surface area contributed by atoms with Crippen LogP contribution in [0, 0.1) is 0 Å². The van der Waals surface area contributed by atoms with Crippen LogP contribution in [0.1, 0.15) is 19.8 Å². The van der Waals surface area contributed by atoms with Gasteiger partial charge in [-0.3, -0.25) is 10.1 Å². The molecule has 0 radical (unpaired) electrons. The molecular weight excluding hydrogens is 170 g/mol. The van der Waals surface area contributed by atoms with Gasteiger partial charge in [0.25, 0.3) is 0 Å². The van der Waals surface area contributed by atoms with Crippen LogP contribution in [-0.2, 0) is 14.3 Å². The Bertz CT molecular complexity index is 166. The number of carbonyl (C=O) groups excluding carboxylic acids is 1. The lowest BCUT2D eigenvalue weighted by Crippen LogP contribution is -2.43. The van der Waals surface area contributed by atoms with Crippen LogP contribution in [0.3, 0.4) is 0 Å². The molecule has 4 nitrogen and oxygen atoms in total. The molecule has 1 rings (SSSR count). The third kappa shape index (κ3) is 2.97. The molecule has 0 bridgehead atoms. The van der Waals surface area contributed by atoms with E-state index in [1.54, 1.807) is 0 Å². The van der Waals surface area contributed by atoms with Crippen molar-refractivity contribution in [3.05, 3.63) is 0 Å². The summed E-state index contributed by atoms with van der Waals surface area (Å²) in [7, 11) is 1.41. The number of hydrogen-bond acceptors (Lipinski definition) is 4. The smallest absolute Gasteiger partial charge is 0.322 e. The van der Waals surface area contributed by atoms with Crippen LogP contribution >= 0.6 is 0 Å². The van der Waals surface area contributed by atoms with Crippen molar-refractivity contribution in [1.82, 2.24) is 5.32 Å². The first-order valence-corrected chi connectivity index (χ1v) is 4.69. The maximum atomic E-state index is 11.2. The molecule has 4 heteroatoms. The molecule has 1 saturated heterocycles. The largest absolute Gasteiger partial charge is 0.468 e. The van der Waals surface area contributed by atoms with E-state index in [0.717, 1.165) is 19.4 Å². The van der Waals surface area contributed by atoms with Gasteiger partial charge in [-0.15, -0.1) is 0 Å². The van der Waals surface area contributed by atoms with Crippen molar-refractivity contribution in [2.24, 2.45) is 0 Å². The van der Waals surface area contributed by atoms with Gasteiger partial charge in [0.2, 0.25) is 0 Å². The van der Waals surface area contributed by atoms with Crippen molar-refractivity contribution < 1.29 is 14.3 Å². The molecule has 1 unspecified atom stereocenters. The third-order valence-electron chi connectivity index (χ3n) is 2.26. The lowest BCUT2D eigenvalue weighted by molar-refractivity contribution is -0.143.